The first-order valence-corrected chi connectivity index (χ1v) is 2.96. The van der Waals surface area contributed by atoms with E-state index in [-0.39, 0.29) is 25.6 Å². The Morgan fingerprint density at radius 2 is 1.80 bits per heavy atom. The topological polar surface area (TPSA) is 116 Å². The second-order valence-electron chi connectivity index (χ2n) is 1.00. The fourth-order valence-corrected chi connectivity index (χ4v) is 0.445. The van der Waals surface area contributed by atoms with Crippen LogP contribution in [-0.4, -0.2) is 18.9 Å². The molecular weight excluding hydrogens is 215 g/mol. The second kappa shape index (κ2) is 5.73. The van der Waals surface area contributed by atoms with Gasteiger partial charge in [-0.05, 0) is 0 Å². The minimum absolute atomic E-state index is 0. The molecule has 4 N–H and O–H groups in total. The van der Waals surface area contributed by atoms with E-state index in [9.17, 15) is 13.2 Å². The van der Waals surface area contributed by atoms with Crippen molar-refractivity contribution in [2.24, 2.45) is 0 Å². The Bertz CT molecular complexity index is 186. The van der Waals surface area contributed by atoms with Crippen molar-refractivity contribution in [3.8, 4) is 0 Å². The minimum Gasteiger partial charge on any atom is -0.344 e. The predicted octanol–water partition coefficient (Wildman–Crippen LogP) is -0.488. The van der Waals surface area contributed by atoms with Crippen LogP contribution in [0, 0.1) is 0 Å². The van der Waals surface area contributed by atoms with E-state index in [2.05, 4.69) is 4.18 Å². The Hall–Kier alpha value is -0.0366. The molecule has 10 heavy (non-hydrogen) atoms. The molecular formula is C2H7NO5SZn. The summed E-state index contributed by atoms with van der Waals surface area (Å²) in [6.07, 6.45) is 0. The van der Waals surface area contributed by atoms with E-state index in [0.717, 1.165) is 6.92 Å². The van der Waals surface area contributed by atoms with Crippen molar-refractivity contribution >= 4 is 16.4 Å². The van der Waals surface area contributed by atoms with Crippen LogP contribution >= 0.6 is 0 Å². The van der Waals surface area contributed by atoms with Crippen molar-refractivity contribution in [2.75, 3.05) is 0 Å². The van der Waals surface area contributed by atoms with Gasteiger partial charge in [-0.15, -0.1) is 0 Å². The van der Waals surface area contributed by atoms with Gasteiger partial charge >= 0.3 is 16.4 Å². The van der Waals surface area contributed by atoms with Crippen LogP contribution in [0.15, 0.2) is 0 Å². The molecule has 0 saturated carbocycles. The summed E-state index contributed by atoms with van der Waals surface area (Å²) in [6, 6.07) is 0. The van der Waals surface area contributed by atoms with Gasteiger partial charge in [-0.2, -0.15) is 8.42 Å². The maximum absolute atomic E-state index is 9.70. The number of rotatable bonds is 1. The molecule has 0 rings (SSSR count). The van der Waals surface area contributed by atoms with E-state index in [4.69, 9.17) is 4.55 Å². The Balaban J connectivity index is -0.000000245. The Morgan fingerprint density at radius 3 is 1.80 bits per heavy atom. The van der Waals surface area contributed by atoms with Gasteiger partial charge < -0.3 is 10.3 Å². The second-order valence-corrected chi connectivity index (χ2v) is 2.02. The standard InChI is InChI=1S/C2H4O5S.H3N.Zn/c1-2(3)7-8(4,5)6;;/h1H3,(H,4,5,6);1H3;. The molecule has 0 saturated heterocycles. The van der Waals surface area contributed by atoms with Crippen molar-refractivity contribution < 1.29 is 41.4 Å². The van der Waals surface area contributed by atoms with Crippen molar-refractivity contribution in [1.82, 2.24) is 6.15 Å². The van der Waals surface area contributed by atoms with Crippen molar-refractivity contribution in [2.45, 2.75) is 6.92 Å². The average Bonchev–Trinajstić information content (AvgIpc) is 1.21. The molecule has 0 aromatic heterocycles. The number of hydrogen-bond acceptors (Lipinski definition) is 5. The predicted molar refractivity (Wildman–Crippen MR) is 28.3 cm³/mol. The van der Waals surface area contributed by atoms with Crippen LogP contribution in [0.1, 0.15) is 6.92 Å². The van der Waals surface area contributed by atoms with Crippen LogP contribution in [0.4, 0.5) is 0 Å². The molecule has 0 aliphatic rings. The number of carbonyl (C=O) groups is 1. The summed E-state index contributed by atoms with van der Waals surface area (Å²) in [5.41, 5.74) is 0. The van der Waals surface area contributed by atoms with Gasteiger partial charge in [0.05, 0.1) is 0 Å². The third-order valence-electron chi connectivity index (χ3n) is 0.223. The van der Waals surface area contributed by atoms with Gasteiger partial charge in [0, 0.05) is 26.4 Å². The summed E-state index contributed by atoms with van der Waals surface area (Å²) in [4.78, 5) is 9.70. The van der Waals surface area contributed by atoms with E-state index in [0.29, 0.717) is 0 Å². The molecule has 0 spiro atoms. The third-order valence-corrected chi connectivity index (χ3v) is 0.668. The first-order chi connectivity index (χ1) is 3.42. The molecule has 0 amide bonds. The van der Waals surface area contributed by atoms with E-state index in [1.807, 2.05) is 0 Å². The fraction of sp³-hybridized carbons (Fsp3) is 0.500. The van der Waals surface area contributed by atoms with Gasteiger partial charge in [-0.3, -0.25) is 9.35 Å². The quantitative estimate of drug-likeness (QED) is 0.457. The molecule has 0 aliphatic carbocycles. The van der Waals surface area contributed by atoms with E-state index < -0.39 is 16.4 Å². The van der Waals surface area contributed by atoms with Gasteiger partial charge in [0.15, 0.2) is 0 Å². The SMILES string of the molecule is CC(=O)OS(=O)(=O)O.N.[Zn]. The number of hydrogen-bond donors (Lipinski definition) is 2. The molecule has 58 valence electrons. The summed E-state index contributed by atoms with van der Waals surface area (Å²) in [5, 5.41) is 0. The van der Waals surface area contributed by atoms with Crippen LogP contribution < -0.4 is 6.15 Å². The van der Waals surface area contributed by atoms with Crippen molar-refractivity contribution in [3.63, 3.8) is 0 Å². The van der Waals surface area contributed by atoms with Gasteiger partial charge in [0.1, 0.15) is 0 Å². The first kappa shape index (κ1) is 16.5. The normalized spacial score (nSPS) is 8.60. The van der Waals surface area contributed by atoms with Gasteiger partial charge in [0.25, 0.3) is 0 Å². The minimum atomic E-state index is -4.57. The molecule has 0 radical (unpaired) electrons. The zero-order valence-electron chi connectivity index (χ0n) is 5.40. The van der Waals surface area contributed by atoms with E-state index in [1.165, 1.54) is 0 Å². The van der Waals surface area contributed by atoms with Gasteiger partial charge in [0.2, 0.25) is 0 Å². The van der Waals surface area contributed by atoms with Crippen LogP contribution in [0.2, 0.25) is 0 Å². The third kappa shape index (κ3) is 15.7. The number of carbonyl (C=O) groups excluding carboxylic acids is 1. The molecule has 6 nitrogen and oxygen atoms in total. The van der Waals surface area contributed by atoms with Gasteiger partial charge in [-0.25, -0.2) is 0 Å². The summed E-state index contributed by atoms with van der Waals surface area (Å²) < 4.78 is 30.2. The molecule has 0 atom stereocenters. The monoisotopic (exact) mass is 221 g/mol. The summed E-state index contributed by atoms with van der Waals surface area (Å²) >= 11 is 0. The maximum atomic E-state index is 9.70. The smallest absolute Gasteiger partial charge is 0.344 e. The molecule has 8 heteroatoms. The molecule has 0 bridgehead atoms. The van der Waals surface area contributed by atoms with Crippen LogP contribution in [-0.2, 0) is 38.9 Å². The molecule has 0 aromatic carbocycles. The molecule has 0 heterocycles. The summed E-state index contributed by atoms with van der Waals surface area (Å²) in [6.45, 7) is 0.869. The first-order valence-electron chi connectivity index (χ1n) is 1.59. The van der Waals surface area contributed by atoms with Crippen molar-refractivity contribution in [3.05, 3.63) is 0 Å². The Kier molecular flexibility index (Phi) is 9.45. The molecule has 0 aliphatic heterocycles. The van der Waals surface area contributed by atoms with E-state index >= 15 is 0 Å². The average molecular weight is 223 g/mol. The molecule has 0 aromatic rings. The van der Waals surface area contributed by atoms with Crippen LogP contribution in [0.3, 0.4) is 0 Å². The largest absolute Gasteiger partial charge is 0.448 e. The van der Waals surface area contributed by atoms with Crippen LogP contribution in [0.5, 0.6) is 0 Å². The molecule has 0 unspecified atom stereocenters. The Morgan fingerprint density at radius 1 is 1.50 bits per heavy atom. The summed E-state index contributed by atoms with van der Waals surface area (Å²) in [7, 11) is -4.57. The van der Waals surface area contributed by atoms with Gasteiger partial charge in [-0.1, -0.05) is 0 Å². The maximum Gasteiger partial charge on any atom is 0.448 e. The van der Waals surface area contributed by atoms with Crippen molar-refractivity contribution in [1.29, 1.82) is 0 Å². The zero-order chi connectivity index (χ0) is 6.78. The molecule has 0 fully saturated rings. The fourth-order valence-electron chi connectivity index (χ4n) is 0.148. The summed E-state index contributed by atoms with van der Waals surface area (Å²) in [5.74, 6) is -1.06. The van der Waals surface area contributed by atoms with E-state index in [1.54, 1.807) is 0 Å². The Labute approximate surface area is 71.2 Å². The van der Waals surface area contributed by atoms with Crippen LogP contribution in [0.25, 0.3) is 0 Å². The zero-order valence-corrected chi connectivity index (χ0v) is 9.19.